The highest BCUT2D eigenvalue weighted by atomic mass is 16.3. The Morgan fingerprint density at radius 3 is 1.72 bits per heavy atom. The molecule has 0 saturated carbocycles. The molecule has 1 atom stereocenters. The fraction of sp³-hybridized carbons (Fsp3) is 0.625. The van der Waals surface area contributed by atoms with Crippen LogP contribution in [-0.2, 0) is 12.8 Å². The molecule has 4 nitrogen and oxygen atoms in total. The van der Waals surface area contributed by atoms with Crippen LogP contribution in [0.2, 0.25) is 0 Å². The van der Waals surface area contributed by atoms with Crippen LogP contribution in [0, 0.1) is 5.92 Å². The molecule has 200 valence electrons. The fourth-order valence-electron chi connectivity index (χ4n) is 5.25. The average molecular weight is 494 g/mol. The highest BCUT2D eigenvalue weighted by Gasteiger charge is 2.21. The summed E-state index contributed by atoms with van der Waals surface area (Å²) >= 11 is 0. The third-order valence-electron chi connectivity index (χ3n) is 8.00. The second kappa shape index (κ2) is 14.9. The summed E-state index contributed by atoms with van der Waals surface area (Å²) in [5, 5.41) is 13.8. The number of nitrogens with two attached hydrogens (primary N) is 1. The maximum atomic E-state index is 9.86. The van der Waals surface area contributed by atoms with Crippen LogP contribution in [0.25, 0.3) is 0 Å². The summed E-state index contributed by atoms with van der Waals surface area (Å²) < 4.78 is 0. The second-order valence-electron chi connectivity index (χ2n) is 11.6. The van der Waals surface area contributed by atoms with Crippen molar-refractivity contribution in [2.75, 3.05) is 32.7 Å². The predicted octanol–water partition coefficient (Wildman–Crippen LogP) is 5.49. The lowest BCUT2D eigenvalue weighted by atomic mass is 9.93. The molecule has 1 aliphatic heterocycles. The van der Waals surface area contributed by atoms with Gasteiger partial charge in [0.15, 0.2) is 0 Å². The van der Waals surface area contributed by atoms with Crippen LogP contribution in [0.15, 0.2) is 48.5 Å². The quantitative estimate of drug-likeness (QED) is 0.326. The van der Waals surface area contributed by atoms with E-state index in [2.05, 4.69) is 86.4 Å². The molecule has 0 bridgehead atoms. The molecule has 0 spiro atoms. The van der Waals surface area contributed by atoms with Crippen molar-refractivity contribution in [3.63, 3.8) is 0 Å². The van der Waals surface area contributed by atoms with Crippen LogP contribution < -0.4 is 11.1 Å². The first-order valence-electron chi connectivity index (χ1n) is 14.4. The number of piperidine rings is 1. The summed E-state index contributed by atoms with van der Waals surface area (Å²) in [6.45, 7) is 13.3. The first-order valence-corrected chi connectivity index (χ1v) is 14.4. The van der Waals surface area contributed by atoms with Crippen LogP contribution in [0.3, 0.4) is 0 Å². The largest absolute Gasteiger partial charge is 0.390 e. The summed E-state index contributed by atoms with van der Waals surface area (Å²) in [6.07, 6.45) is 6.59. The van der Waals surface area contributed by atoms with E-state index in [4.69, 9.17) is 5.73 Å². The van der Waals surface area contributed by atoms with Gasteiger partial charge in [0, 0.05) is 19.1 Å². The molecule has 0 amide bonds. The van der Waals surface area contributed by atoms with Crippen LogP contribution in [0.5, 0.6) is 0 Å². The number of hydrogen-bond donors (Lipinski definition) is 3. The molecule has 1 fully saturated rings. The van der Waals surface area contributed by atoms with Gasteiger partial charge in [-0.1, -0.05) is 76.2 Å². The number of aryl methyl sites for hydroxylation is 2. The Balaban J connectivity index is 1.52. The van der Waals surface area contributed by atoms with Gasteiger partial charge in [-0.05, 0) is 98.2 Å². The Morgan fingerprint density at radius 1 is 0.833 bits per heavy atom. The molecular formula is C32H51N3O. The Hall–Kier alpha value is -1.72. The van der Waals surface area contributed by atoms with E-state index in [1.54, 1.807) is 0 Å². The Labute approximate surface area is 220 Å². The van der Waals surface area contributed by atoms with Gasteiger partial charge in [-0.2, -0.15) is 0 Å². The lowest BCUT2D eigenvalue weighted by Gasteiger charge is -2.34. The maximum Gasteiger partial charge on any atom is 0.0789 e. The Bertz CT molecular complexity index is 798. The average Bonchev–Trinajstić information content (AvgIpc) is 2.89. The van der Waals surface area contributed by atoms with Gasteiger partial charge >= 0.3 is 0 Å². The number of rotatable bonds is 14. The van der Waals surface area contributed by atoms with Crippen molar-refractivity contribution in [2.45, 2.75) is 90.2 Å². The van der Waals surface area contributed by atoms with Gasteiger partial charge < -0.3 is 21.1 Å². The van der Waals surface area contributed by atoms with Crippen molar-refractivity contribution in [2.24, 2.45) is 11.7 Å². The van der Waals surface area contributed by atoms with E-state index < -0.39 is 6.10 Å². The second-order valence-corrected chi connectivity index (χ2v) is 11.6. The Morgan fingerprint density at radius 2 is 1.31 bits per heavy atom. The number of nitrogens with zero attached hydrogens (tertiary/aromatic N) is 1. The molecule has 0 aromatic heterocycles. The molecule has 1 heterocycles. The summed E-state index contributed by atoms with van der Waals surface area (Å²) in [7, 11) is 0. The third-order valence-corrected chi connectivity index (χ3v) is 8.00. The van der Waals surface area contributed by atoms with Crippen molar-refractivity contribution in [3.05, 3.63) is 70.8 Å². The molecule has 1 saturated heterocycles. The summed E-state index contributed by atoms with van der Waals surface area (Å²) in [4.78, 5) is 2.37. The standard InChI is InChI=1S/C32H51N3O/c1-24(2)29-11-5-26(6-12-29)9-15-31(16-10-27-7-13-30(14-8-27)25(3)4)34-22-28-17-19-35(20-18-28)23-32(36)21-33/h5-8,11-14,24-25,28,31-32,34,36H,9-10,15-23,33H2,1-4H3. The molecule has 4 heteroatoms. The minimum Gasteiger partial charge on any atom is -0.390 e. The third kappa shape index (κ3) is 9.63. The lowest BCUT2D eigenvalue weighted by molar-refractivity contribution is 0.0933. The SMILES string of the molecule is CC(C)c1ccc(CCC(CCc2ccc(C(C)C)cc2)NCC2CCN(CC(O)CN)CC2)cc1. The van der Waals surface area contributed by atoms with Crippen molar-refractivity contribution >= 4 is 0 Å². The van der Waals surface area contributed by atoms with Crippen LogP contribution in [-0.4, -0.2) is 54.9 Å². The lowest BCUT2D eigenvalue weighted by Crippen LogP contribution is -2.43. The van der Waals surface area contributed by atoms with Gasteiger partial charge in [0.1, 0.15) is 0 Å². The predicted molar refractivity (Wildman–Crippen MR) is 154 cm³/mol. The first kappa shape index (κ1) is 28.8. The van der Waals surface area contributed by atoms with Gasteiger partial charge in [-0.15, -0.1) is 0 Å². The zero-order valence-corrected chi connectivity index (χ0v) is 23.3. The van der Waals surface area contributed by atoms with E-state index in [1.165, 1.54) is 47.9 Å². The number of hydrogen-bond acceptors (Lipinski definition) is 4. The zero-order valence-electron chi connectivity index (χ0n) is 23.3. The van der Waals surface area contributed by atoms with Crippen LogP contribution >= 0.6 is 0 Å². The molecule has 3 rings (SSSR count). The van der Waals surface area contributed by atoms with Crippen molar-refractivity contribution in [1.29, 1.82) is 0 Å². The van der Waals surface area contributed by atoms with Crippen molar-refractivity contribution in [1.82, 2.24) is 10.2 Å². The summed E-state index contributed by atoms with van der Waals surface area (Å²) in [6, 6.07) is 19.0. The molecule has 0 aliphatic carbocycles. The van der Waals surface area contributed by atoms with Gasteiger partial charge in [0.2, 0.25) is 0 Å². The molecular weight excluding hydrogens is 442 g/mol. The summed E-state index contributed by atoms with van der Waals surface area (Å²) in [5.74, 6) is 1.88. The first-order chi connectivity index (χ1) is 17.3. The molecule has 4 N–H and O–H groups in total. The molecule has 2 aromatic carbocycles. The highest BCUT2D eigenvalue weighted by molar-refractivity contribution is 5.26. The molecule has 0 radical (unpaired) electrons. The van der Waals surface area contributed by atoms with E-state index in [0.29, 0.717) is 31.0 Å². The Kier molecular flexibility index (Phi) is 11.9. The van der Waals surface area contributed by atoms with E-state index in [-0.39, 0.29) is 0 Å². The number of nitrogens with one attached hydrogen (secondary N) is 1. The minimum atomic E-state index is -0.395. The number of benzene rings is 2. The van der Waals surface area contributed by atoms with E-state index in [9.17, 15) is 5.11 Å². The topological polar surface area (TPSA) is 61.5 Å². The monoisotopic (exact) mass is 493 g/mol. The van der Waals surface area contributed by atoms with E-state index in [1.807, 2.05) is 0 Å². The molecule has 1 aliphatic rings. The molecule has 1 unspecified atom stereocenters. The maximum absolute atomic E-state index is 9.86. The van der Waals surface area contributed by atoms with Gasteiger partial charge in [-0.25, -0.2) is 0 Å². The normalized spacial score (nSPS) is 16.4. The van der Waals surface area contributed by atoms with Crippen molar-refractivity contribution in [3.8, 4) is 0 Å². The number of β-amino-alcohol motifs (C(OH)–C–C–N with tert-alkyl or cyclic N) is 1. The number of aliphatic hydroxyl groups excluding tert-OH is 1. The fourth-order valence-corrected chi connectivity index (χ4v) is 5.25. The van der Waals surface area contributed by atoms with E-state index >= 15 is 0 Å². The van der Waals surface area contributed by atoms with Crippen LogP contribution in [0.4, 0.5) is 0 Å². The summed E-state index contributed by atoms with van der Waals surface area (Å²) in [5.41, 5.74) is 11.3. The molecule has 2 aromatic rings. The van der Waals surface area contributed by atoms with Gasteiger partial charge in [-0.3, -0.25) is 0 Å². The van der Waals surface area contributed by atoms with Gasteiger partial charge in [0.25, 0.3) is 0 Å². The smallest absolute Gasteiger partial charge is 0.0789 e. The minimum absolute atomic E-state index is 0.351. The van der Waals surface area contributed by atoms with Crippen LogP contribution in [0.1, 0.15) is 87.5 Å². The number of aliphatic hydroxyl groups is 1. The van der Waals surface area contributed by atoms with E-state index in [0.717, 1.165) is 38.4 Å². The van der Waals surface area contributed by atoms with Crippen molar-refractivity contribution < 1.29 is 5.11 Å². The zero-order chi connectivity index (χ0) is 25.9. The number of likely N-dealkylation sites (tertiary alicyclic amines) is 1. The van der Waals surface area contributed by atoms with Gasteiger partial charge in [0.05, 0.1) is 6.10 Å². The molecule has 36 heavy (non-hydrogen) atoms. The highest BCUT2D eigenvalue weighted by Crippen LogP contribution is 2.20.